The lowest BCUT2D eigenvalue weighted by Crippen LogP contribution is -2.62. The molecule has 2 aliphatic heterocycles. The lowest BCUT2D eigenvalue weighted by molar-refractivity contribution is -0.342. The number of carbonyl (C=O) groups is 1. The van der Waals surface area contributed by atoms with Crippen molar-refractivity contribution in [1.82, 2.24) is 0 Å². The average Bonchev–Trinajstić information content (AvgIpc) is 2.98. The van der Waals surface area contributed by atoms with E-state index in [0.717, 1.165) is 12.8 Å². The standard InChI is InChI=1S/C30H48O13/c31-13-24-26(37)27(38)28(39)30(43-24)42-22-11-17(33)10-21-18(22)12-23(29(41-21)15-3-5-16(32)6-4-15)40-25(36)8-2-14-1-7-19(34)20(35)9-14/h2,8,14-24,26-35,37-39H,1,3-7,9-13H2/p+1. The van der Waals surface area contributed by atoms with E-state index in [1.54, 1.807) is 6.08 Å². The highest BCUT2D eigenvalue weighted by Crippen LogP contribution is 2.43. The van der Waals surface area contributed by atoms with Crippen molar-refractivity contribution in [3.8, 4) is 0 Å². The molecule has 0 aromatic rings. The zero-order chi connectivity index (χ0) is 30.8. The summed E-state index contributed by atoms with van der Waals surface area (Å²) in [5.74, 6) is -0.816. The second-order valence-corrected chi connectivity index (χ2v) is 13.2. The van der Waals surface area contributed by atoms with Crippen molar-refractivity contribution in [2.75, 3.05) is 6.61 Å². The molecule has 13 nitrogen and oxygen atoms in total. The Kier molecular flexibility index (Phi) is 11.1. The molecule has 0 aromatic carbocycles. The molecule has 3 saturated carbocycles. The maximum absolute atomic E-state index is 13.1. The highest BCUT2D eigenvalue weighted by atomic mass is 16.7. The second-order valence-electron chi connectivity index (χ2n) is 13.2. The van der Waals surface area contributed by atoms with Crippen LogP contribution in [0.3, 0.4) is 0 Å². The van der Waals surface area contributed by atoms with Gasteiger partial charge in [-0.15, -0.1) is 0 Å². The van der Waals surface area contributed by atoms with Crippen molar-refractivity contribution in [2.24, 2.45) is 17.8 Å². The SMILES string of the molecule is O=C(C=CC1CCC(O)C(O)C1)OC1CC2C(OC3OC(CO)C(O)C(O)C3O)CC(O)CC2[OH+]C1C1CCC(O)CC1. The van der Waals surface area contributed by atoms with Crippen LogP contribution < -0.4 is 0 Å². The van der Waals surface area contributed by atoms with E-state index in [1.807, 2.05) is 0 Å². The number of allylic oxidation sites excluding steroid dienone is 1. The van der Waals surface area contributed by atoms with Crippen molar-refractivity contribution in [3.05, 3.63) is 12.2 Å². The number of ether oxygens (including phenoxy) is 4. The molecule has 5 aliphatic rings. The van der Waals surface area contributed by atoms with Gasteiger partial charge in [-0.3, -0.25) is 0 Å². The van der Waals surface area contributed by atoms with Gasteiger partial charge in [0.15, 0.2) is 24.6 Å². The van der Waals surface area contributed by atoms with Crippen LogP contribution in [0.15, 0.2) is 12.2 Å². The minimum atomic E-state index is -1.60. The summed E-state index contributed by atoms with van der Waals surface area (Å²) in [5, 5.41) is 81.1. The Balaban J connectivity index is 1.30. The van der Waals surface area contributed by atoms with Crippen molar-refractivity contribution in [2.45, 2.75) is 144 Å². The number of carbonyl (C=O) groups excluding carboxylic acids is 1. The van der Waals surface area contributed by atoms with Crippen LogP contribution >= 0.6 is 0 Å². The first-order valence-electron chi connectivity index (χ1n) is 15.8. The first-order chi connectivity index (χ1) is 20.5. The molecule has 0 amide bonds. The third-order valence-electron chi connectivity index (χ3n) is 10.2. The zero-order valence-electron chi connectivity index (χ0n) is 24.3. The van der Waals surface area contributed by atoms with E-state index in [0.29, 0.717) is 44.9 Å². The Hall–Kier alpha value is -1.23. The molecule has 43 heavy (non-hydrogen) atoms. The predicted molar refractivity (Wildman–Crippen MR) is 148 cm³/mol. The number of rotatable bonds is 7. The number of esters is 1. The number of aliphatic hydroxyl groups is 10. The maximum atomic E-state index is 13.1. The minimum Gasteiger partial charge on any atom is -0.451 e. The fourth-order valence-corrected chi connectivity index (χ4v) is 7.68. The zero-order valence-corrected chi connectivity index (χ0v) is 24.3. The maximum Gasteiger partial charge on any atom is 0.331 e. The summed E-state index contributed by atoms with van der Waals surface area (Å²) >= 11 is 0. The van der Waals surface area contributed by atoms with Crippen LogP contribution in [0.1, 0.15) is 64.2 Å². The van der Waals surface area contributed by atoms with E-state index in [4.69, 9.17) is 18.9 Å². The van der Waals surface area contributed by atoms with Crippen LogP contribution in [-0.4, -0.2) is 138 Å². The average molecular weight is 618 g/mol. The molecule has 14 unspecified atom stereocenters. The third-order valence-corrected chi connectivity index (χ3v) is 10.2. The lowest BCUT2D eigenvalue weighted by atomic mass is 9.73. The number of aliphatic hydroxyl groups excluding tert-OH is 8. The molecule has 0 spiro atoms. The molecule has 246 valence electrons. The van der Waals surface area contributed by atoms with Gasteiger partial charge in [0.1, 0.15) is 24.4 Å². The highest BCUT2D eigenvalue weighted by molar-refractivity contribution is 5.82. The largest absolute Gasteiger partial charge is 0.451 e. The van der Waals surface area contributed by atoms with E-state index in [-0.39, 0.29) is 42.5 Å². The van der Waals surface area contributed by atoms with E-state index in [2.05, 4.69) is 0 Å². The first-order valence-corrected chi connectivity index (χ1v) is 15.8. The highest BCUT2D eigenvalue weighted by Gasteiger charge is 2.55. The molecule has 0 bridgehead atoms. The molecule has 3 aliphatic carbocycles. The summed E-state index contributed by atoms with van der Waals surface area (Å²) in [7, 11) is 0. The molecule has 2 heterocycles. The monoisotopic (exact) mass is 617 g/mol. The summed E-state index contributed by atoms with van der Waals surface area (Å²) in [6, 6.07) is 0. The van der Waals surface area contributed by atoms with Gasteiger partial charge in [0, 0.05) is 31.3 Å². The van der Waals surface area contributed by atoms with E-state index < -0.39 is 73.8 Å². The predicted octanol–water partition coefficient (Wildman–Crippen LogP) is -1.85. The van der Waals surface area contributed by atoms with Gasteiger partial charge in [-0.1, -0.05) is 6.08 Å². The van der Waals surface area contributed by atoms with Crippen LogP contribution in [0, 0.1) is 17.8 Å². The van der Waals surface area contributed by atoms with Crippen molar-refractivity contribution in [3.63, 3.8) is 0 Å². The Morgan fingerprint density at radius 1 is 0.791 bits per heavy atom. The van der Waals surface area contributed by atoms with Gasteiger partial charge >= 0.3 is 5.97 Å². The molecule has 2 saturated heterocycles. The van der Waals surface area contributed by atoms with Gasteiger partial charge in [0.05, 0.1) is 43.0 Å². The van der Waals surface area contributed by atoms with Crippen molar-refractivity contribution >= 4 is 5.97 Å². The molecule has 0 aromatic heterocycles. The van der Waals surface area contributed by atoms with Gasteiger partial charge in [-0.25, -0.2) is 4.79 Å². The summed E-state index contributed by atoms with van der Waals surface area (Å²) < 4.78 is 22.8. The molecule has 5 rings (SSSR count). The van der Waals surface area contributed by atoms with Crippen LogP contribution in [0.2, 0.25) is 0 Å². The van der Waals surface area contributed by atoms with Crippen molar-refractivity contribution in [1.29, 1.82) is 0 Å². The Bertz CT molecular complexity index is 939. The number of hydrogen-bond donors (Lipinski definition) is 8. The van der Waals surface area contributed by atoms with Crippen LogP contribution in [0.5, 0.6) is 0 Å². The van der Waals surface area contributed by atoms with Crippen LogP contribution in [0.25, 0.3) is 0 Å². The molecular formula is C30H49O13+. The molecule has 0 radical (unpaired) electrons. The summed E-state index contributed by atoms with van der Waals surface area (Å²) in [4.78, 5) is 13.1. The summed E-state index contributed by atoms with van der Waals surface area (Å²) in [6.07, 6.45) is -3.63. The first kappa shape index (κ1) is 33.1. The molecule has 13 heteroatoms. The smallest absolute Gasteiger partial charge is 0.331 e. The van der Waals surface area contributed by atoms with Gasteiger partial charge in [-0.05, 0) is 50.9 Å². The molecule has 14 atom stereocenters. The Labute approximate surface area is 251 Å². The molecule has 5 fully saturated rings. The fraction of sp³-hybridized carbons (Fsp3) is 0.900. The van der Waals surface area contributed by atoms with Gasteiger partial charge < -0.3 is 59.8 Å². The van der Waals surface area contributed by atoms with Crippen LogP contribution in [-0.2, 0) is 19.0 Å². The number of hydrogen-bond acceptors (Lipinski definition) is 12. The quantitative estimate of drug-likeness (QED) is 0.0897. The van der Waals surface area contributed by atoms with Gasteiger partial charge in [-0.2, -0.15) is 0 Å². The summed E-state index contributed by atoms with van der Waals surface area (Å²) in [5.41, 5.74) is 0. The third kappa shape index (κ3) is 7.78. The Morgan fingerprint density at radius 3 is 2.23 bits per heavy atom. The van der Waals surface area contributed by atoms with Crippen LogP contribution in [0.4, 0.5) is 0 Å². The van der Waals surface area contributed by atoms with Crippen molar-refractivity contribution < 1.29 is 64.6 Å². The fourth-order valence-electron chi connectivity index (χ4n) is 7.68. The second kappa shape index (κ2) is 14.5. The lowest BCUT2D eigenvalue weighted by Gasteiger charge is -2.48. The molecular weight excluding hydrogens is 568 g/mol. The van der Waals surface area contributed by atoms with E-state index in [9.17, 15) is 45.6 Å². The van der Waals surface area contributed by atoms with E-state index >= 15 is 0 Å². The molecule has 9 N–H and O–H groups in total. The van der Waals surface area contributed by atoms with E-state index in [1.165, 1.54) is 6.08 Å². The number of fused-ring (bicyclic) bond motifs is 1. The Morgan fingerprint density at radius 2 is 1.53 bits per heavy atom. The van der Waals surface area contributed by atoms with Gasteiger partial charge in [0.2, 0.25) is 0 Å². The summed E-state index contributed by atoms with van der Waals surface area (Å²) in [6.45, 7) is -0.594. The normalized spacial score (nSPS) is 49.4. The topological polar surface area (TPSA) is 219 Å². The minimum absolute atomic E-state index is 0.0573. The van der Waals surface area contributed by atoms with Gasteiger partial charge in [0.25, 0.3) is 0 Å².